The summed E-state index contributed by atoms with van der Waals surface area (Å²) in [5, 5.41) is 0. The Kier molecular flexibility index (Phi) is 3.81. The molecule has 0 saturated carbocycles. The van der Waals surface area contributed by atoms with E-state index in [0.717, 1.165) is 11.4 Å². The zero-order valence-electron chi connectivity index (χ0n) is 10.9. The SMILES string of the molecule is CC(N)c1cc(F)ccc1N(C)c1ccc(F)cc1. The zero-order valence-corrected chi connectivity index (χ0v) is 10.9. The second kappa shape index (κ2) is 5.36. The molecule has 0 aromatic heterocycles. The molecule has 1 atom stereocenters. The Hall–Kier alpha value is -1.94. The normalized spacial score (nSPS) is 12.3. The van der Waals surface area contributed by atoms with E-state index in [1.54, 1.807) is 25.1 Å². The van der Waals surface area contributed by atoms with Crippen molar-refractivity contribution in [3.8, 4) is 0 Å². The molecule has 0 aliphatic rings. The monoisotopic (exact) mass is 262 g/mol. The van der Waals surface area contributed by atoms with Gasteiger partial charge in [0, 0.05) is 24.5 Å². The van der Waals surface area contributed by atoms with Crippen LogP contribution in [0.25, 0.3) is 0 Å². The van der Waals surface area contributed by atoms with Crippen molar-refractivity contribution in [3.63, 3.8) is 0 Å². The van der Waals surface area contributed by atoms with Crippen LogP contribution >= 0.6 is 0 Å². The molecule has 0 aliphatic carbocycles. The molecule has 2 nitrogen and oxygen atoms in total. The molecule has 0 spiro atoms. The van der Waals surface area contributed by atoms with Crippen molar-refractivity contribution in [1.29, 1.82) is 0 Å². The molecule has 0 saturated heterocycles. The standard InChI is InChI=1S/C15H16F2N2/c1-10(18)14-9-12(17)5-8-15(14)19(2)13-6-3-11(16)4-7-13/h3-10H,18H2,1-2H3. The van der Waals surface area contributed by atoms with Gasteiger partial charge in [-0.05, 0) is 55.0 Å². The first-order valence-electron chi connectivity index (χ1n) is 6.03. The van der Waals surface area contributed by atoms with Crippen LogP contribution in [0, 0.1) is 11.6 Å². The maximum absolute atomic E-state index is 13.3. The minimum absolute atomic E-state index is 0.284. The van der Waals surface area contributed by atoms with E-state index in [1.165, 1.54) is 24.3 Å². The van der Waals surface area contributed by atoms with Gasteiger partial charge in [0.15, 0.2) is 0 Å². The number of nitrogens with zero attached hydrogens (tertiary/aromatic N) is 1. The van der Waals surface area contributed by atoms with Crippen LogP contribution in [-0.4, -0.2) is 7.05 Å². The topological polar surface area (TPSA) is 29.3 Å². The summed E-state index contributed by atoms with van der Waals surface area (Å²) in [6, 6.07) is 10.3. The fraction of sp³-hybridized carbons (Fsp3) is 0.200. The van der Waals surface area contributed by atoms with Gasteiger partial charge in [-0.15, -0.1) is 0 Å². The van der Waals surface area contributed by atoms with Crippen molar-refractivity contribution in [2.24, 2.45) is 5.73 Å². The average molecular weight is 262 g/mol. The Bertz CT molecular complexity index is 565. The third-order valence-electron chi connectivity index (χ3n) is 3.06. The van der Waals surface area contributed by atoms with E-state index >= 15 is 0 Å². The lowest BCUT2D eigenvalue weighted by Gasteiger charge is -2.24. The van der Waals surface area contributed by atoms with Gasteiger partial charge in [0.25, 0.3) is 0 Å². The number of rotatable bonds is 3. The molecule has 0 radical (unpaired) electrons. The molecule has 19 heavy (non-hydrogen) atoms. The van der Waals surface area contributed by atoms with Gasteiger partial charge in [-0.2, -0.15) is 0 Å². The number of anilines is 2. The smallest absolute Gasteiger partial charge is 0.123 e. The first-order chi connectivity index (χ1) is 8.99. The first kappa shape index (κ1) is 13.5. The summed E-state index contributed by atoms with van der Waals surface area (Å²) in [5.74, 6) is -0.604. The first-order valence-corrected chi connectivity index (χ1v) is 6.03. The van der Waals surface area contributed by atoms with Crippen LogP contribution in [0.3, 0.4) is 0 Å². The van der Waals surface area contributed by atoms with Crippen molar-refractivity contribution < 1.29 is 8.78 Å². The largest absolute Gasteiger partial charge is 0.344 e. The molecular formula is C15H16F2N2. The van der Waals surface area contributed by atoms with Crippen LogP contribution in [-0.2, 0) is 0 Å². The van der Waals surface area contributed by atoms with Crippen LogP contribution in [0.1, 0.15) is 18.5 Å². The van der Waals surface area contributed by atoms with Gasteiger partial charge >= 0.3 is 0 Å². The van der Waals surface area contributed by atoms with Crippen LogP contribution in [0.15, 0.2) is 42.5 Å². The highest BCUT2D eigenvalue weighted by atomic mass is 19.1. The van der Waals surface area contributed by atoms with Crippen molar-refractivity contribution in [2.45, 2.75) is 13.0 Å². The fourth-order valence-electron chi connectivity index (χ4n) is 2.00. The number of halogens is 2. The van der Waals surface area contributed by atoms with E-state index in [0.29, 0.717) is 5.56 Å². The Morgan fingerprint density at radius 1 is 1.00 bits per heavy atom. The van der Waals surface area contributed by atoms with E-state index in [4.69, 9.17) is 5.73 Å². The third kappa shape index (κ3) is 2.90. The second-order valence-corrected chi connectivity index (χ2v) is 4.53. The van der Waals surface area contributed by atoms with Crippen molar-refractivity contribution in [1.82, 2.24) is 0 Å². The zero-order chi connectivity index (χ0) is 14.0. The highest BCUT2D eigenvalue weighted by molar-refractivity contribution is 5.66. The molecule has 2 aromatic rings. The van der Waals surface area contributed by atoms with Crippen LogP contribution in [0.5, 0.6) is 0 Å². The predicted molar refractivity (Wildman–Crippen MR) is 73.5 cm³/mol. The summed E-state index contributed by atoms with van der Waals surface area (Å²) in [6.07, 6.45) is 0. The Labute approximate surface area is 111 Å². The lowest BCUT2D eigenvalue weighted by molar-refractivity contribution is 0.622. The maximum Gasteiger partial charge on any atom is 0.123 e. The molecule has 0 fully saturated rings. The van der Waals surface area contributed by atoms with Crippen LogP contribution < -0.4 is 10.6 Å². The van der Waals surface area contributed by atoms with E-state index in [9.17, 15) is 8.78 Å². The molecule has 0 amide bonds. The van der Waals surface area contributed by atoms with Crippen LogP contribution in [0.2, 0.25) is 0 Å². The molecule has 4 heteroatoms. The highest BCUT2D eigenvalue weighted by Gasteiger charge is 2.13. The predicted octanol–water partition coefficient (Wildman–Crippen LogP) is 3.75. The summed E-state index contributed by atoms with van der Waals surface area (Å²) in [6.45, 7) is 1.80. The molecule has 0 aliphatic heterocycles. The fourth-order valence-corrected chi connectivity index (χ4v) is 2.00. The maximum atomic E-state index is 13.3. The molecule has 100 valence electrons. The van der Waals surface area contributed by atoms with Gasteiger partial charge < -0.3 is 10.6 Å². The number of benzene rings is 2. The van der Waals surface area contributed by atoms with Gasteiger partial charge in [0.05, 0.1) is 0 Å². The molecule has 0 bridgehead atoms. The molecule has 2 N–H and O–H groups in total. The lowest BCUT2D eigenvalue weighted by Crippen LogP contribution is -2.16. The second-order valence-electron chi connectivity index (χ2n) is 4.53. The molecule has 1 unspecified atom stereocenters. The van der Waals surface area contributed by atoms with E-state index in [1.807, 2.05) is 11.9 Å². The van der Waals surface area contributed by atoms with Gasteiger partial charge in [0.1, 0.15) is 11.6 Å². The molecule has 2 rings (SSSR count). The third-order valence-corrected chi connectivity index (χ3v) is 3.06. The van der Waals surface area contributed by atoms with Gasteiger partial charge in [-0.3, -0.25) is 0 Å². The lowest BCUT2D eigenvalue weighted by atomic mass is 10.1. The van der Waals surface area contributed by atoms with Gasteiger partial charge in [-0.25, -0.2) is 8.78 Å². The average Bonchev–Trinajstić information content (AvgIpc) is 2.38. The van der Waals surface area contributed by atoms with Crippen LogP contribution in [0.4, 0.5) is 20.2 Å². The summed E-state index contributed by atoms with van der Waals surface area (Å²) in [5.41, 5.74) is 8.21. The van der Waals surface area contributed by atoms with E-state index in [-0.39, 0.29) is 17.7 Å². The quantitative estimate of drug-likeness (QED) is 0.912. The molecule has 0 heterocycles. The van der Waals surface area contributed by atoms with Crippen molar-refractivity contribution in [2.75, 3.05) is 11.9 Å². The van der Waals surface area contributed by atoms with Crippen molar-refractivity contribution in [3.05, 3.63) is 59.7 Å². The number of hydrogen-bond donors (Lipinski definition) is 1. The molecular weight excluding hydrogens is 246 g/mol. The Morgan fingerprint density at radius 3 is 2.16 bits per heavy atom. The minimum Gasteiger partial charge on any atom is -0.344 e. The van der Waals surface area contributed by atoms with Gasteiger partial charge in [-0.1, -0.05) is 0 Å². The summed E-state index contributed by atoms with van der Waals surface area (Å²) < 4.78 is 26.2. The number of hydrogen-bond acceptors (Lipinski definition) is 2. The highest BCUT2D eigenvalue weighted by Crippen LogP contribution is 2.30. The van der Waals surface area contributed by atoms with E-state index < -0.39 is 0 Å². The van der Waals surface area contributed by atoms with Crippen molar-refractivity contribution >= 4 is 11.4 Å². The summed E-state index contributed by atoms with van der Waals surface area (Å²) >= 11 is 0. The number of nitrogens with two attached hydrogens (primary N) is 1. The summed E-state index contributed by atoms with van der Waals surface area (Å²) in [7, 11) is 1.84. The molecule has 2 aromatic carbocycles. The van der Waals surface area contributed by atoms with E-state index in [2.05, 4.69) is 0 Å². The summed E-state index contributed by atoms with van der Waals surface area (Å²) in [4.78, 5) is 1.86. The Balaban J connectivity index is 2.43. The minimum atomic E-state index is -0.316. The van der Waals surface area contributed by atoms with Gasteiger partial charge in [0.2, 0.25) is 0 Å². The Morgan fingerprint density at radius 2 is 1.58 bits per heavy atom.